The molecule has 2 bridgehead atoms. The lowest BCUT2D eigenvalue weighted by Gasteiger charge is -2.40. The van der Waals surface area contributed by atoms with E-state index in [9.17, 15) is 4.79 Å². The smallest absolute Gasteiger partial charge is 0.222 e. The summed E-state index contributed by atoms with van der Waals surface area (Å²) in [4.78, 5) is 16.9. The van der Waals surface area contributed by atoms with Crippen LogP contribution >= 0.6 is 0 Å². The lowest BCUT2D eigenvalue weighted by Crippen LogP contribution is -2.48. The molecule has 2 aliphatic heterocycles. The molecule has 0 radical (unpaired) electrons. The van der Waals surface area contributed by atoms with Gasteiger partial charge in [0.1, 0.15) is 0 Å². The first-order valence-electron chi connectivity index (χ1n) is 8.35. The maximum atomic E-state index is 12.1. The summed E-state index contributed by atoms with van der Waals surface area (Å²) in [7, 11) is 0. The molecule has 2 fully saturated rings. The Labute approximate surface area is 127 Å². The number of nitrogens with zero attached hydrogens (tertiary/aromatic N) is 2. The van der Waals surface area contributed by atoms with E-state index < -0.39 is 0 Å². The number of benzene rings is 1. The third-order valence-electron chi connectivity index (χ3n) is 5.04. The van der Waals surface area contributed by atoms with Gasteiger partial charge in [0.2, 0.25) is 5.91 Å². The number of carbonyl (C=O) groups is 1. The largest absolute Gasteiger partial charge is 0.341 e. The molecule has 1 amide bonds. The molecular formula is C18H26N2O. The molecule has 2 aliphatic rings. The monoisotopic (exact) mass is 286 g/mol. The van der Waals surface area contributed by atoms with Crippen LogP contribution in [0.4, 0.5) is 0 Å². The lowest BCUT2D eigenvalue weighted by atomic mass is 9.94. The first-order chi connectivity index (χ1) is 10.3. The molecule has 114 valence electrons. The summed E-state index contributed by atoms with van der Waals surface area (Å²) < 4.78 is 0. The third kappa shape index (κ3) is 3.29. The van der Waals surface area contributed by atoms with Crippen LogP contribution in [0.3, 0.4) is 0 Å². The number of hydrogen-bond acceptors (Lipinski definition) is 2. The Balaban J connectivity index is 1.75. The molecule has 1 aromatic rings. The van der Waals surface area contributed by atoms with Crippen LogP contribution in [0, 0.1) is 0 Å². The van der Waals surface area contributed by atoms with E-state index in [1.54, 1.807) is 0 Å². The zero-order valence-electron chi connectivity index (χ0n) is 13.0. The van der Waals surface area contributed by atoms with Crippen LogP contribution in [0.25, 0.3) is 0 Å². The molecule has 3 rings (SSSR count). The summed E-state index contributed by atoms with van der Waals surface area (Å²) in [6.45, 7) is 4.88. The van der Waals surface area contributed by atoms with Gasteiger partial charge < -0.3 is 4.90 Å². The van der Waals surface area contributed by atoms with Gasteiger partial charge in [-0.3, -0.25) is 9.69 Å². The summed E-state index contributed by atoms with van der Waals surface area (Å²) >= 11 is 0. The predicted octanol–water partition coefficient (Wildman–Crippen LogP) is 3.05. The quantitative estimate of drug-likeness (QED) is 0.852. The molecule has 1 aromatic carbocycles. The Hall–Kier alpha value is -1.35. The molecule has 21 heavy (non-hydrogen) atoms. The van der Waals surface area contributed by atoms with Crippen molar-refractivity contribution in [2.24, 2.45) is 0 Å². The highest BCUT2D eigenvalue weighted by atomic mass is 16.2. The fourth-order valence-corrected chi connectivity index (χ4v) is 3.88. The highest BCUT2D eigenvalue weighted by molar-refractivity contribution is 5.75. The topological polar surface area (TPSA) is 23.6 Å². The zero-order chi connectivity index (χ0) is 14.7. The van der Waals surface area contributed by atoms with Gasteiger partial charge in [0.25, 0.3) is 0 Å². The van der Waals surface area contributed by atoms with Crippen molar-refractivity contribution in [2.75, 3.05) is 13.1 Å². The van der Waals surface area contributed by atoms with Crippen molar-refractivity contribution in [3.63, 3.8) is 0 Å². The Morgan fingerprint density at radius 1 is 1.14 bits per heavy atom. The number of hydrogen-bond donors (Lipinski definition) is 0. The standard InChI is InChI=1S/C18H26N2O/c1-2-18(21)19-12-11-16-9-6-10-17(14-19)20(16)13-15-7-4-3-5-8-15/h3-5,7-8,16-17H,2,6,9-14H2,1H3. The van der Waals surface area contributed by atoms with E-state index >= 15 is 0 Å². The van der Waals surface area contributed by atoms with E-state index in [0.29, 0.717) is 24.4 Å². The molecule has 0 aromatic heterocycles. The molecule has 0 aliphatic carbocycles. The van der Waals surface area contributed by atoms with Crippen LogP contribution in [0.5, 0.6) is 0 Å². The van der Waals surface area contributed by atoms with Crippen LogP contribution in [-0.2, 0) is 11.3 Å². The van der Waals surface area contributed by atoms with Gasteiger partial charge in [0, 0.05) is 38.1 Å². The molecule has 2 saturated heterocycles. The van der Waals surface area contributed by atoms with E-state index in [1.807, 2.05) is 6.92 Å². The van der Waals surface area contributed by atoms with Gasteiger partial charge in [-0.05, 0) is 24.8 Å². The molecule has 2 unspecified atom stereocenters. The first-order valence-corrected chi connectivity index (χ1v) is 8.35. The van der Waals surface area contributed by atoms with Crippen LogP contribution in [0.15, 0.2) is 30.3 Å². The van der Waals surface area contributed by atoms with E-state index in [-0.39, 0.29) is 0 Å². The van der Waals surface area contributed by atoms with Crippen LogP contribution in [0.2, 0.25) is 0 Å². The van der Waals surface area contributed by atoms with Crippen molar-refractivity contribution in [3.8, 4) is 0 Å². The molecule has 0 spiro atoms. The fraction of sp³-hybridized carbons (Fsp3) is 0.611. The number of rotatable bonds is 3. The number of piperidine rings is 1. The van der Waals surface area contributed by atoms with Gasteiger partial charge in [-0.25, -0.2) is 0 Å². The Kier molecular flexibility index (Phi) is 4.59. The SMILES string of the molecule is CCC(=O)N1CCC2CCCC(C1)N2Cc1ccccc1. The van der Waals surface area contributed by atoms with Gasteiger partial charge in [0.05, 0.1) is 0 Å². The van der Waals surface area contributed by atoms with Crippen molar-refractivity contribution in [1.82, 2.24) is 9.80 Å². The minimum Gasteiger partial charge on any atom is -0.341 e. The van der Waals surface area contributed by atoms with Gasteiger partial charge in [-0.15, -0.1) is 0 Å². The second-order valence-electron chi connectivity index (χ2n) is 6.38. The second kappa shape index (κ2) is 6.61. The van der Waals surface area contributed by atoms with Crippen molar-refractivity contribution >= 4 is 5.91 Å². The van der Waals surface area contributed by atoms with Gasteiger partial charge in [0.15, 0.2) is 0 Å². The number of carbonyl (C=O) groups excluding carboxylic acids is 1. The lowest BCUT2D eigenvalue weighted by molar-refractivity contribution is -0.131. The minimum atomic E-state index is 0.321. The van der Waals surface area contributed by atoms with Crippen molar-refractivity contribution in [2.45, 2.75) is 57.7 Å². The third-order valence-corrected chi connectivity index (χ3v) is 5.04. The molecule has 0 N–H and O–H groups in total. The highest BCUT2D eigenvalue weighted by Crippen LogP contribution is 2.30. The Bertz CT molecular complexity index is 473. The molecule has 0 saturated carbocycles. The minimum absolute atomic E-state index is 0.321. The average Bonchev–Trinajstić information content (AvgIpc) is 2.62. The Morgan fingerprint density at radius 3 is 2.67 bits per heavy atom. The van der Waals surface area contributed by atoms with Crippen molar-refractivity contribution in [1.29, 1.82) is 0 Å². The first kappa shape index (κ1) is 14.6. The maximum absolute atomic E-state index is 12.1. The van der Waals surface area contributed by atoms with Crippen molar-refractivity contribution in [3.05, 3.63) is 35.9 Å². The van der Waals surface area contributed by atoms with E-state index in [2.05, 4.69) is 40.1 Å². The summed E-state index contributed by atoms with van der Waals surface area (Å²) in [5.41, 5.74) is 1.39. The summed E-state index contributed by atoms with van der Waals surface area (Å²) in [6, 6.07) is 12.0. The normalized spacial score (nSPS) is 26.4. The zero-order valence-corrected chi connectivity index (χ0v) is 13.0. The van der Waals surface area contributed by atoms with Crippen LogP contribution in [0.1, 0.15) is 44.6 Å². The van der Waals surface area contributed by atoms with E-state index in [0.717, 1.165) is 26.1 Å². The molecule has 3 heteroatoms. The van der Waals surface area contributed by atoms with E-state index in [1.165, 1.54) is 24.8 Å². The fourth-order valence-electron chi connectivity index (χ4n) is 3.88. The van der Waals surface area contributed by atoms with Gasteiger partial charge >= 0.3 is 0 Å². The highest BCUT2D eigenvalue weighted by Gasteiger charge is 2.35. The summed E-state index contributed by atoms with van der Waals surface area (Å²) in [5.74, 6) is 0.321. The van der Waals surface area contributed by atoms with Gasteiger partial charge in [-0.1, -0.05) is 43.7 Å². The maximum Gasteiger partial charge on any atom is 0.222 e. The van der Waals surface area contributed by atoms with E-state index in [4.69, 9.17) is 0 Å². The predicted molar refractivity (Wildman–Crippen MR) is 84.9 cm³/mol. The van der Waals surface area contributed by atoms with Crippen LogP contribution < -0.4 is 0 Å². The van der Waals surface area contributed by atoms with Crippen molar-refractivity contribution < 1.29 is 4.79 Å². The average molecular weight is 286 g/mol. The molecular weight excluding hydrogens is 260 g/mol. The summed E-state index contributed by atoms with van der Waals surface area (Å²) in [5, 5.41) is 0. The molecule has 2 heterocycles. The number of fused-ring (bicyclic) bond motifs is 2. The Morgan fingerprint density at radius 2 is 1.90 bits per heavy atom. The van der Waals surface area contributed by atoms with Crippen LogP contribution in [-0.4, -0.2) is 40.9 Å². The molecule has 3 nitrogen and oxygen atoms in total. The summed E-state index contributed by atoms with van der Waals surface area (Å²) in [6.07, 6.45) is 5.61. The van der Waals surface area contributed by atoms with Gasteiger partial charge in [-0.2, -0.15) is 0 Å². The number of amides is 1. The molecule has 2 atom stereocenters. The second-order valence-corrected chi connectivity index (χ2v) is 6.38.